The summed E-state index contributed by atoms with van der Waals surface area (Å²) >= 11 is 0. The van der Waals surface area contributed by atoms with Crippen molar-refractivity contribution < 1.29 is 9.78 Å². The van der Waals surface area contributed by atoms with E-state index in [1.54, 1.807) is 6.26 Å². The molecular weight excluding hydrogens is 224 g/mol. The lowest BCUT2D eigenvalue weighted by Gasteiger charge is -2.15. The van der Waals surface area contributed by atoms with Crippen molar-refractivity contribution in [1.29, 1.82) is 0 Å². The van der Waals surface area contributed by atoms with Crippen molar-refractivity contribution >= 4 is 11.3 Å². The van der Waals surface area contributed by atoms with Gasteiger partial charge in [0.1, 0.15) is 6.26 Å². The number of hydrogen-bond acceptors (Lipinski definition) is 2. The first kappa shape index (κ1) is 10.7. The Hall–Kier alpha value is -2.48. The fraction of sp³-hybridized carbons (Fsp3) is 0. The standard InChI is InChI=1S/C16H12O2/c1-3-7-13(8-4-1)15-11-12-17-18-16(15)14-9-5-2-6-10-14/h1-12H. The second-order valence-electron chi connectivity index (χ2n) is 3.96. The van der Waals surface area contributed by atoms with Crippen LogP contribution in [0, 0.1) is 0 Å². The molecule has 0 saturated heterocycles. The topological polar surface area (TPSA) is 18.5 Å². The highest BCUT2D eigenvalue weighted by Crippen LogP contribution is 2.31. The van der Waals surface area contributed by atoms with Crippen LogP contribution in [0.3, 0.4) is 0 Å². The van der Waals surface area contributed by atoms with Crippen LogP contribution < -0.4 is 0 Å². The van der Waals surface area contributed by atoms with Crippen LogP contribution in [-0.2, 0) is 9.78 Å². The van der Waals surface area contributed by atoms with Crippen LogP contribution >= 0.6 is 0 Å². The van der Waals surface area contributed by atoms with Crippen LogP contribution in [0.4, 0.5) is 0 Å². The molecule has 3 rings (SSSR count). The molecule has 0 saturated carbocycles. The van der Waals surface area contributed by atoms with E-state index in [1.165, 1.54) is 0 Å². The molecule has 0 atom stereocenters. The van der Waals surface area contributed by atoms with E-state index in [4.69, 9.17) is 9.78 Å². The lowest BCUT2D eigenvalue weighted by atomic mass is 10.0. The Morgan fingerprint density at radius 2 is 1.28 bits per heavy atom. The maximum absolute atomic E-state index is 5.32. The normalized spacial score (nSPS) is 14.0. The van der Waals surface area contributed by atoms with Gasteiger partial charge in [-0.3, -0.25) is 9.78 Å². The summed E-state index contributed by atoms with van der Waals surface area (Å²) < 4.78 is 0. The Balaban J connectivity index is 2.13. The molecule has 0 aromatic heterocycles. The molecule has 2 aromatic rings. The van der Waals surface area contributed by atoms with Gasteiger partial charge in [0.2, 0.25) is 0 Å². The van der Waals surface area contributed by atoms with E-state index in [0.717, 1.165) is 22.5 Å². The molecule has 1 aliphatic rings. The van der Waals surface area contributed by atoms with E-state index in [0.29, 0.717) is 0 Å². The molecule has 2 nitrogen and oxygen atoms in total. The summed E-state index contributed by atoms with van der Waals surface area (Å²) in [6.07, 6.45) is 3.47. The number of allylic oxidation sites excluding steroid dienone is 2. The van der Waals surface area contributed by atoms with Crippen LogP contribution in [0.25, 0.3) is 11.3 Å². The van der Waals surface area contributed by atoms with Crippen molar-refractivity contribution in [3.8, 4) is 0 Å². The monoisotopic (exact) mass is 236 g/mol. The van der Waals surface area contributed by atoms with Crippen LogP contribution in [-0.4, -0.2) is 0 Å². The van der Waals surface area contributed by atoms with Gasteiger partial charge in [-0.05, 0) is 11.6 Å². The molecule has 0 fully saturated rings. The Kier molecular flexibility index (Phi) is 2.84. The molecule has 1 heterocycles. The minimum Gasteiger partial charge on any atom is -0.298 e. The van der Waals surface area contributed by atoms with E-state index >= 15 is 0 Å². The minimum absolute atomic E-state index is 0.740. The fourth-order valence-electron chi connectivity index (χ4n) is 1.93. The first-order chi connectivity index (χ1) is 8.95. The zero-order chi connectivity index (χ0) is 12.2. The fourth-order valence-corrected chi connectivity index (χ4v) is 1.93. The molecule has 0 bridgehead atoms. The van der Waals surface area contributed by atoms with Gasteiger partial charge in [0.25, 0.3) is 0 Å². The SMILES string of the molecule is C1=CC(c2ccccc2)=C(c2ccccc2)OO1. The summed E-state index contributed by atoms with van der Waals surface area (Å²) in [6, 6.07) is 20.1. The molecule has 0 radical (unpaired) electrons. The van der Waals surface area contributed by atoms with E-state index in [-0.39, 0.29) is 0 Å². The van der Waals surface area contributed by atoms with E-state index in [1.807, 2.05) is 54.6 Å². The maximum atomic E-state index is 5.32. The number of benzene rings is 2. The first-order valence-corrected chi connectivity index (χ1v) is 5.80. The van der Waals surface area contributed by atoms with Crippen molar-refractivity contribution in [2.24, 2.45) is 0 Å². The maximum Gasteiger partial charge on any atom is 0.193 e. The van der Waals surface area contributed by atoms with Crippen LogP contribution in [0.2, 0.25) is 0 Å². The summed E-state index contributed by atoms with van der Waals surface area (Å²) in [5, 5.41) is 0. The molecule has 0 aliphatic carbocycles. The van der Waals surface area contributed by atoms with E-state index < -0.39 is 0 Å². The summed E-state index contributed by atoms with van der Waals surface area (Å²) in [7, 11) is 0. The molecule has 2 aromatic carbocycles. The first-order valence-electron chi connectivity index (χ1n) is 5.80. The van der Waals surface area contributed by atoms with Crippen molar-refractivity contribution in [1.82, 2.24) is 0 Å². The molecule has 88 valence electrons. The van der Waals surface area contributed by atoms with Gasteiger partial charge >= 0.3 is 0 Å². The van der Waals surface area contributed by atoms with E-state index in [9.17, 15) is 0 Å². The molecule has 18 heavy (non-hydrogen) atoms. The van der Waals surface area contributed by atoms with Gasteiger partial charge in [0.15, 0.2) is 5.76 Å². The lowest BCUT2D eigenvalue weighted by molar-refractivity contribution is -0.181. The Labute approximate surface area is 106 Å². The second kappa shape index (κ2) is 4.80. The van der Waals surface area contributed by atoms with Crippen LogP contribution in [0.5, 0.6) is 0 Å². The number of rotatable bonds is 2. The van der Waals surface area contributed by atoms with Gasteiger partial charge in [-0.15, -0.1) is 0 Å². The van der Waals surface area contributed by atoms with Gasteiger partial charge in [0.05, 0.1) is 0 Å². The highest BCUT2D eigenvalue weighted by molar-refractivity contribution is 5.92. The Morgan fingerprint density at radius 3 is 1.94 bits per heavy atom. The molecule has 0 unspecified atom stereocenters. The lowest BCUT2D eigenvalue weighted by Crippen LogP contribution is -1.99. The third-order valence-corrected chi connectivity index (χ3v) is 2.79. The third kappa shape index (κ3) is 2.00. The largest absolute Gasteiger partial charge is 0.298 e. The quantitative estimate of drug-likeness (QED) is 0.733. The predicted octanol–water partition coefficient (Wildman–Crippen LogP) is 4.03. The summed E-state index contributed by atoms with van der Waals surface area (Å²) in [5.41, 5.74) is 3.13. The Morgan fingerprint density at radius 1 is 0.667 bits per heavy atom. The van der Waals surface area contributed by atoms with Gasteiger partial charge in [-0.1, -0.05) is 60.7 Å². The second-order valence-corrected chi connectivity index (χ2v) is 3.96. The molecular formula is C16H12O2. The highest BCUT2D eigenvalue weighted by Gasteiger charge is 2.15. The molecule has 0 spiro atoms. The average molecular weight is 236 g/mol. The molecule has 2 heteroatoms. The van der Waals surface area contributed by atoms with Crippen LogP contribution in [0.1, 0.15) is 11.1 Å². The van der Waals surface area contributed by atoms with E-state index in [2.05, 4.69) is 12.1 Å². The minimum atomic E-state index is 0.740. The summed E-state index contributed by atoms with van der Waals surface area (Å²) in [6.45, 7) is 0. The van der Waals surface area contributed by atoms with Crippen molar-refractivity contribution in [2.45, 2.75) is 0 Å². The van der Waals surface area contributed by atoms with Crippen molar-refractivity contribution in [3.63, 3.8) is 0 Å². The zero-order valence-corrected chi connectivity index (χ0v) is 9.74. The van der Waals surface area contributed by atoms with Crippen molar-refractivity contribution in [2.75, 3.05) is 0 Å². The highest BCUT2D eigenvalue weighted by atomic mass is 17.2. The van der Waals surface area contributed by atoms with Gasteiger partial charge in [0, 0.05) is 11.1 Å². The van der Waals surface area contributed by atoms with Gasteiger partial charge in [-0.25, -0.2) is 0 Å². The van der Waals surface area contributed by atoms with Crippen molar-refractivity contribution in [3.05, 3.63) is 84.1 Å². The Bertz CT molecular complexity index is 583. The third-order valence-electron chi connectivity index (χ3n) is 2.79. The predicted molar refractivity (Wildman–Crippen MR) is 71.0 cm³/mol. The average Bonchev–Trinajstić information content (AvgIpc) is 2.49. The molecule has 0 amide bonds. The van der Waals surface area contributed by atoms with Crippen LogP contribution in [0.15, 0.2) is 73.0 Å². The van der Waals surface area contributed by atoms with Gasteiger partial charge < -0.3 is 0 Å². The number of hydrogen-bond donors (Lipinski definition) is 0. The van der Waals surface area contributed by atoms with Gasteiger partial charge in [-0.2, -0.15) is 0 Å². The summed E-state index contributed by atoms with van der Waals surface area (Å²) in [5.74, 6) is 0.740. The molecule has 0 N–H and O–H groups in total. The zero-order valence-electron chi connectivity index (χ0n) is 9.74. The summed E-state index contributed by atoms with van der Waals surface area (Å²) in [4.78, 5) is 10.3. The smallest absolute Gasteiger partial charge is 0.193 e. The molecule has 1 aliphatic heterocycles.